The molecule has 3 aliphatic rings. The molecule has 1 aromatic heterocycles. The van der Waals surface area contributed by atoms with Gasteiger partial charge in [-0.15, -0.1) is 0 Å². The van der Waals surface area contributed by atoms with Crippen molar-refractivity contribution in [1.29, 1.82) is 5.41 Å². The van der Waals surface area contributed by atoms with Crippen molar-refractivity contribution in [2.75, 3.05) is 33.2 Å². The highest BCUT2D eigenvalue weighted by atomic mass is 32.2. The van der Waals surface area contributed by atoms with E-state index in [0.717, 1.165) is 21.6 Å². The van der Waals surface area contributed by atoms with E-state index in [4.69, 9.17) is 19.6 Å². The summed E-state index contributed by atoms with van der Waals surface area (Å²) >= 11 is 0. The Morgan fingerprint density at radius 3 is 2.07 bits per heavy atom. The van der Waals surface area contributed by atoms with Crippen LogP contribution in [0.2, 0.25) is 0 Å². The van der Waals surface area contributed by atoms with Crippen molar-refractivity contribution in [1.82, 2.24) is 67.0 Å². The van der Waals surface area contributed by atoms with Gasteiger partial charge in [-0.05, 0) is 149 Å². The number of phenols is 1. The molecule has 0 aliphatic carbocycles. The van der Waals surface area contributed by atoms with Crippen LogP contribution in [0.1, 0.15) is 122 Å². The summed E-state index contributed by atoms with van der Waals surface area (Å²) in [6.07, 6.45) is 2.85. The lowest BCUT2D eigenvalue weighted by molar-refractivity contribution is -0.150. The van der Waals surface area contributed by atoms with Crippen molar-refractivity contribution in [2.45, 2.75) is 184 Å². The number of nitrogens with zero attached hydrogens (tertiary/aromatic N) is 3. The molecule has 3 aliphatic heterocycles. The Kier molecular flexibility index (Phi) is 28.2. The summed E-state index contributed by atoms with van der Waals surface area (Å²) in [5.74, 6) is -7.48. The van der Waals surface area contributed by atoms with Crippen LogP contribution in [0.3, 0.4) is 0 Å². The number of hydrogen-bond acceptors (Lipinski definition) is 18. The summed E-state index contributed by atoms with van der Waals surface area (Å²) in [5, 5.41) is 40.7. The first-order valence-electron chi connectivity index (χ1n) is 36.1. The number of fused-ring (bicyclic) bond motifs is 1. The molecule has 9 amide bonds. The molecule has 0 unspecified atom stereocenters. The number of aromatic hydroxyl groups is 1. The summed E-state index contributed by atoms with van der Waals surface area (Å²) in [6, 6.07) is 22.6. The number of likely N-dealkylation sites (N-methyl/N-ethyl adjacent to an activating group) is 1. The van der Waals surface area contributed by atoms with Gasteiger partial charge in [0.25, 0.3) is 10.0 Å². The molecule has 7 atom stereocenters. The topological polar surface area (TPSA) is 420 Å². The van der Waals surface area contributed by atoms with Crippen LogP contribution in [0, 0.1) is 26.2 Å². The standard InChI is InChI=1S/C77H96N14O16S/c1-47-48(2)67(49(3)56-33-34-77(4,5)107-66(47)56)108(103,104)89-75(78)81-36-18-27-57(83-65(94)43-90(6)76(102)106-45-53-24-14-9-15-25-53)68(95)86-60-41-64(93)80-35-17-16-26-58(84-70(97)59(85-71(60)98)38-51-29-31-55(92)32-30-51)69(96)87-61(40-54-42-79-46-82-54)73(100)91-37-19-28-63(91)72(99)88-62(39-50-20-10-7-11-21-50)74(101)105-44-52-22-12-8-13-23-52/h7-15,20-25,29-32,42,46,57-63,92H,16-19,26-28,33-41,43-45H2,1-6H3,(H,79,82)(H,80,93)(H,83,94)(H,84,97)(H,85,98)(H,86,95)(H,87,96)(H,88,99)(H3,78,81,89)/t57-,58-,59-,60-,61-,62-,63-/m0/s1. The zero-order valence-corrected chi connectivity index (χ0v) is 62.2. The van der Waals surface area contributed by atoms with Crippen LogP contribution in [0.5, 0.6) is 11.5 Å². The maximum absolute atomic E-state index is 15.0. The number of guanidine groups is 1. The number of aromatic amines is 1. The first-order chi connectivity index (χ1) is 51.6. The van der Waals surface area contributed by atoms with Crippen molar-refractivity contribution in [3.05, 3.63) is 178 Å². The number of aromatic nitrogens is 2. The Labute approximate surface area is 627 Å². The first-order valence-corrected chi connectivity index (χ1v) is 37.6. The third-order valence-electron chi connectivity index (χ3n) is 19.1. The second-order valence-electron chi connectivity index (χ2n) is 27.9. The van der Waals surface area contributed by atoms with Crippen LogP contribution in [0.25, 0.3) is 0 Å². The van der Waals surface area contributed by atoms with Gasteiger partial charge in [0.2, 0.25) is 53.2 Å². The normalized spacial score (nSPS) is 18.2. The van der Waals surface area contributed by atoms with Gasteiger partial charge in [-0.1, -0.05) is 103 Å². The lowest BCUT2D eigenvalue weighted by atomic mass is 9.88. The number of likely N-dealkylation sites (tertiary alicyclic amines) is 1. The highest BCUT2D eigenvalue weighted by Gasteiger charge is 2.42. The van der Waals surface area contributed by atoms with E-state index in [1.54, 1.807) is 87.5 Å². The molecule has 5 aromatic carbocycles. The Morgan fingerprint density at radius 1 is 0.750 bits per heavy atom. The number of H-pyrrole nitrogens is 1. The number of phenolic OH excluding ortho intramolecular Hbond substituents is 1. The Bertz CT molecular complexity index is 4300. The lowest BCUT2D eigenvalue weighted by Gasteiger charge is -2.35. The Balaban J connectivity index is 0.913. The molecule has 6 aromatic rings. The minimum absolute atomic E-state index is 0.00274. The molecule has 30 nitrogen and oxygen atoms in total. The predicted molar refractivity (Wildman–Crippen MR) is 397 cm³/mol. The highest BCUT2D eigenvalue weighted by molar-refractivity contribution is 7.90. The van der Waals surface area contributed by atoms with E-state index in [1.165, 1.54) is 48.7 Å². The summed E-state index contributed by atoms with van der Waals surface area (Å²) in [4.78, 5) is 153. The molecule has 108 heavy (non-hydrogen) atoms. The van der Waals surface area contributed by atoms with Crippen LogP contribution < -0.4 is 52.0 Å². The fourth-order valence-corrected chi connectivity index (χ4v) is 14.7. The van der Waals surface area contributed by atoms with Crippen molar-refractivity contribution in [3.8, 4) is 11.5 Å². The minimum atomic E-state index is -4.36. The van der Waals surface area contributed by atoms with Gasteiger partial charge in [-0.2, -0.15) is 0 Å². The molecular formula is C77H96N14O16S. The van der Waals surface area contributed by atoms with Crippen molar-refractivity contribution in [3.63, 3.8) is 0 Å². The number of imidazole rings is 1. The van der Waals surface area contributed by atoms with Gasteiger partial charge in [-0.3, -0.25) is 43.8 Å². The van der Waals surface area contributed by atoms with Crippen LogP contribution >= 0.6 is 0 Å². The smallest absolute Gasteiger partial charge is 0.410 e. The molecule has 576 valence electrons. The molecular weight excluding hydrogens is 1410 g/mol. The van der Waals surface area contributed by atoms with E-state index in [1.807, 2.05) is 38.1 Å². The molecule has 0 saturated carbocycles. The zero-order valence-electron chi connectivity index (χ0n) is 61.4. The van der Waals surface area contributed by atoms with Gasteiger partial charge in [0.15, 0.2) is 0 Å². The van der Waals surface area contributed by atoms with Gasteiger partial charge in [0.05, 0.1) is 23.3 Å². The molecule has 2 fully saturated rings. The second-order valence-corrected chi connectivity index (χ2v) is 29.5. The van der Waals surface area contributed by atoms with E-state index in [9.17, 15) is 56.7 Å². The lowest BCUT2D eigenvalue weighted by Crippen LogP contribution is -2.61. The van der Waals surface area contributed by atoms with E-state index >= 15 is 4.79 Å². The van der Waals surface area contributed by atoms with Gasteiger partial charge < -0.3 is 76.6 Å². The molecule has 2 saturated heterocycles. The van der Waals surface area contributed by atoms with Crippen molar-refractivity contribution < 1.29 is 75.7 Å². The Morgan fingerprint density at radius 2 is 1.41 bits per heavy atom. The average molecular weight is 1510 g/mol. The number of carbonyl (C=O) groups is 10. The maximum Gasteiger partial charge on any atom is 0.410 e. The molecule has 4 heterocycles. The number of benzene rings is 5. The summed E-state index contributed by atoms with van der Waals surface area (Å²) in [5.41, 5.74) is 4.79. The molecule has 0 radical (unpaired) electrons. The second kappa shape index (κ2) is 37.7. The SMILES string of the molecule is Cc1c(C)c(S(=O)(=O)NC(=N)NCCC[C@H](NC(=O)CN(C)C(=O)OCc2ccccc2)C(=O)N[C@H]2CC(=O)NCCCC[C@@H](C(=O)N[C@@H](Cc3c[nH]cn3)C(=O)N3CCC[C@H]3C(=O)N[C@@H](Cc3ccccc3)C(=O)OCc3ccccc3)NC(=O)[C@H](Cc3ccc(O)cc3)NC2=O)c(C)c2c1OC(C)(C)CC2. The summed E-state index contributed by atoms with van der Waals surface area (Å²) in [7, 11) is -3.06. The third-order valence-corrected chi connectivity index (χ3v) is 20.8. The molecule has 9 rings (SSSR count). The van der Waals surface area contributed by atoms with Crippen molar-refractivity contribution >= 4 is 75.3 Å². The number of nitrogens with one attached hydrogen (secondary N) is 11. The van der Waals surface area contributed by atoms with Crippen LogP contribution in [-0.4, -0.2) is 180 Å². The third kappa shape index (κ3) is 22.8. The number of carbonyl (C=O) groups excluding carboxylic acids is 10. The van der Waals surface area contributed by atoms with Gasteiger partial charge in [-0.25, -0.2) is 27.7 Å². The van der Waals surface area contributed by atoms with Crippen molar-refractivity contribution in [2.24, 2.45) is 0 Å². The average Bonchev–Trinajstić information content (AvgIpc) is 0.887. The molecule has 12 N–H and O–H groups in total. The number of sulfonamides is 1. The fourth-order valence-electron chi connectivity index (χ4n) is 13.2. The predicted octanol–water partition coefficient (Wildman–Crippen LogP) is 4.06. The number of ether oxygens (including phenoxy) is 3. The van der Waals surface area contributed by atoms with Crippen LogP contribution in [0.4, 0.5) is 4.79 Å². The van der Waals surface area contributed by atoms with E-state index in [0.29, 0.717) is 58.5 Å². The van der Waals surface area contributed by atoms with Gasteiger partial charge in [0.1, 0.15) is 79.2 Å². The number of rotatable bonds is 27. The monoisotopic (exact) mass is 1500 g/mol. The first kappa shape index (κ1) is 80.7. The van der Waals surface area contributed by atoms with E-state index in [2.05, 4.69) is 57.2 Å². The number of amides is 9. The van der Waals surface area contributed by atoms with Gasteiger partial charge in [0, 0.05) is 52.1 Å². The maximum atomic E-state index is 15.0. The Hall–Kier alpha value is -11.4. The zero-order chi connectivity index (χ0) is 77.7. The minimum Gasteiger partial charge on any atom is -0.508 e. The summed E-state index contributed by atoms with van der Waals surface area (Å²) < 4.78 is 47.9. The van der Waals surface area contributed by atoms with Gasteiger partial charge >= 0.3 is 12.1 Å². The fraction of sp³-hybridized carbons (Fsp3) is 0.429. The largest absolute Gasteiger partial charge is 0.508 e. The van der Waals surface area contributed by atoms with Crippen LogP contribution in [0.15, 0.2) is 133 Å². The molecule has 0 bridgehead atoms. The van der Waals surface area contributed by atoms with E-state index in [-0.39, 0.29) is 101 Å². The molecule has 0 spiro atoms. The number of esters is 1. The highest BCUT2D eigenvalue weighted by Crippen LogP contribution is 2.42. The van der Waals surface area contributed by atoms with Crippen LogP contribution in [-0.2, 0) is 102 Å². The van der Waals surface area contributed by atoms with E-state index < -0.39 is 136 Å². The summed E-state index contributed by atoms with van der Waals surface area (Å²) in [6.45, 7) is 8.21. The quantitative estimate of drug-likeness (QED) is 0.0150. The number of hydrogen-bond donors (Lipinski definition) is 12. The molecule has 31 heteroatoms.